The number of carbonyl (C=O) groups is 1. The van der Waals surface area contributed by atoms with Crippen LogP contribution in [0.1, 0.15) is 48.4 Å². The smallest absolute Gasteiger partial charge is 0.261 e. The standard InChI is InChI=1S/C24H31NO3/c1-4-22(28-21-11-10-19-7-5-6-8-20(19)16-21)24(26)25-13-14-27-23-12-9-17(2)15-18(23)3/h9-12,15-16,22H,4-8,13-14H2,1-3H3,(H,25,26). The molecule has 0 saturated carbocycles. The van der Waals surface area contributed by atoms with Crippen LogP contribution in [0.3, 0.4) is 0 Å². The Morgan fingerprint density at radius 3 is 2.61 bits per heavy atom. The van der Waals surface area contributed by atoms with Crippen LogP contribution in [0.4, 0.5) is 0 Å². The number of benzene rings is 2. The minimum absolute atomic E-state index is 0.0931. The lowest BCUT2D eigenvalue weighted by atomic mass is 9.92. The minimum atomic E-state index is -0.484. The predicted octanol–water partition coefficient (Wildman–Crippen LogP) is 4.53. The van der Waals surface area contributed by atoms with E-state index in [0.29, 0.717) is 19.6 Å². The first-order valence-corrected chi connectivity index (χ1v) is 10.3. The third-order valence-corrected chi connectivity index (χ3v) is 5.25. The minimum Gasteiger partial charge on any atom is -0.491 e. The number of carbonyl (C=O) groups excluding carboxylic acids is 1. The highest BCUT2D eigenvalue weighted by molar-refractivity contribution is 5.81. The van der Waals surface area contributed by atoms with Crippen LogP contribution < -0.4 is 14.8 Å². The normalized spacial score (nSPS) is 14.1. The predicted molar refractivity (Wildman–Crippen MR) is 112 cm³/mol. The summed E-state index contributed by atoms with van der Waals surface area (Å²) in [5.74, 6) is 1.55. The van der Waals surface area contributed by atoms with Crippen molar-refractivity contribution in [3.05, 3.63) is 58.7 Å². The van der Waals surface area contributed by atoms with Crippen LogP contribution in [0.2, 0.25) is 0 Å². The molecule has 0 spiro atoms. The number of aryl methyl sites for hydroxylation is 4. The maximum absolute atomic E-state index is 12.5. The van der Waals surface area contributed by atoms with Crippen molar-refractivity contribution in [1.82, 2.24) is 5.32 Å². The van der Waals surface area contributed by atoms with Crippen molar-refractivity contribution in [2.24, 2.45) is 0 Å². The summed E-state index contributed by atoms with van der Waals surface area (Å²) in [6, 6.07) is 12.3. The Labute approximate surface area is 168 Å². The van der Waals surface area contributed by atoms with Gasteiger partial charge in [0.15, 0.2) is 6.10 Å². The summed E-state index contributed by atoms with van der Waals surface area (Å²) in [6.45, 7) is 6.95. The van der Waals surface area contributed by atoms with Crippen LogP contribution >= 0.6 is 0 Å². The molecule has 1 amide bonds. The third kappa shape index (κ3) is 5.28. The quantitative estimate of drug-likeness (QED) is 0.683. The fourth-order valence-corrected chi connectivity index (χ4v) is 3.68. The van der Waals surface area contributed by atoms with Crippen LogP contribution in [0.5, 0.6) is 11.5 Å². The molecule has 4 nitrogen and oxygen atoms in total. The second kappa shape index (κ2) is 9.63. The van der Waals surface area contributed by atoms with E-state index < -0.39 is 6.10 Å². The fourth-order valence-electron chi connectivity index (χ4n) is 3.68. The van der Waals surface area contributed by atoms with Crippen molar-refractivity contribution in [1.29, 1.82) is 0 Å². The summed E-state index contributed by atoms with van der Waals surface area (Å²) >= 11 is 0. The molecular weight excluding hydrogens is 350 g/mol. The van der Waals surface area contributed by atoms with E-state index in [0.717, 1.165) is 29.9 Å². The number of ether oxygens (including phenoxy) is 2. The van der Waals surface area contributed by atoms with Crippen molar-refractivity contribution in [2.45, 2.75) is 59.0 Å². The molecule has 1 N–H and O–H groups in total. The van der Waals surface area contributed by atoms with Gasteiger partial charge >= 0.3 is 0 Å². The highest BCUT2D eigenvalue weighted by atomic mass is 16.5. The summed E-state index contributed by atoms with van der Waals surface area (Å²) in [6.07, 6.45) is 4.88. The zero-order valence-electron chi connectivity index (χ0n) is 17.2. The molecule has 0 heterocycles. The van der Waals surface area contributed by atoms with E-state index >= 15 is 0 Å². The highest BCUT2D eigenvalue weighted by Crippen LogP contribution is 2.26. The summed E-state index contributed by atoms with van der Waals surface area (Å²) in [4.78, 5) is 12.5. The molecule has 0 bridgehead atoms. The first-order valence-electron chi connectivity index (χ1n) is 10.3. The molecule has 1 aliphatic rings. The zero-order chi connectivity index (χ0) is 19.9. The maximum Gasteiger partial charge on any atom is 0.261 e. The molecule has 0 fully saturated rings. The van der Waals surface area contributed by atoms with Crippen LogP contribution in [0, 0.1) is 13.8 Å². The second-order valence-electron chi connectivity index (χ2n) is 7.56. The Balaban J connectivity index is 1.48. The lowest BCUT2D eigenvalue weighted by molar-refractivity contribution is -0.128. The first-order chi connectivity index (χ1) is 13.6. The topological polar surface area (TPSA) is 47.6 Å². The SMILES string of the molecule is CCC(Oc1ccc2c(c1)CCCC2)C(=O)NCCOc1ccc(C)cc1C. The van der Waals surface area contributed by atoms with Gasteiger partial charge in [0, 0.05) is 0 Å². The van der Waals surface area contributed by atoms with Gasteiger partial charge in [-0.3, -0.25) is 4.79 Å². The number of rotatable bonds is 8. The van der Waals surface area contributed by atoms with Gasteiger partial charge < -0.3 is 14.8 Å². The number of hydrogen-bond acceptors (Lipinski definition) is 3. The number of amides is 1. The Kier molecular flexibility index (Phi) is 6.96. The molecule has 1 unspecified atom stereocenters. The molecule has 4 heteroatoms. The maximum atomic E-state index is 12.5. The van der Waals surface area contributed by atoms with Gasteiger partial charge in [0.2, 0.25) is 0 Å². The van der Waals surface area contributed by atoms with Gasteiger partial charge in [0.05, 0.1) is 6.54 Å². The highest BCUT2D eigenvalue weighted by Gasteiger charge is 2.19. The van der Waals surface area contributed by atoms with E-state index in [4.69, 9.17) is 9.47 Å². The van der Waals surface area contributed by atoms with E-state index in [1.165, 1.54) is 29.5 Å². The first kappa shape index (κ1) is 20.2. The zero-order valence-corrected chi connectivity index (χ0v) is 17.2. The Morgan fingerprint density at radius 1 is 1.07 bits per heavy atom. The van der Waals surface area contributed by atoms with Gasteiger partial charge in [-0.1, -0.05) is 30.7 Å². The van der Waals surface area contributed by atoms with E-state index in [9.17, 15) is 4.79 Å². The molecule has 1 atom stereocenters. The molecular formula is C24H31NO3. The summed E-state index contributed by atoms with van der Waals surface area (Å²) in [5, 5.41) is 2.93. The van der Waals surface area contributed by atoms with E-state index in [-0.39, 0.29) is 5.91 Å². The molecule has 0 aliphatic heterocycles. The molecule has 2 aromatic rings. The van der Waals surface area contributed by atoms with Gasteiger partial charge in [0.1, 0.15) is 18.1 Å². The molecule has 0 aromatic heterocycles. The lowest BCUT2D eigenvalue weighted by Crippen LogP contribution is -2.39. The van der Waals surface area contributed by atoms with Crippen molar-refractivity contribution >= 4 is 5.91 Å². The summed E-state index contributed by atoms with van der Waals surface area (Å²) < 4.78 is 11.8. The molecule has 3 rings (SSSR count). The third-order valence-electron chi connectivity index (χ3n) is 5.25. The van der Waals surface area contributed by atoms with Crippen LogP contribution in [0.15, 0.2) is 36.4 Å². The molecule has 150 valence electrons. The van der Waals surface area contributed by atoms with Gasteiger partial charge in [-0.2, -0.15) is 0 Å². The van der Waals surface area contributed by atoms with Gasteiger partial charge in [-0.15, -0.1) is 0 Å². The van der Waals surface area contributed by atoms with Crippen LogP contribution in [-0.2, 0) is 17.6 Å². The summed E-state index contributed by atoms with van der Waals surface area (Å²) in [5.41, 5.74) is 5.09. The van der Waals surface area contributed by atoms with E-state index in [1.54, 1.807) is 0 Å². The van der Waals surface area contributed by atoms with Crippen molar-refractivity contribution < 1.29 is 14.3 Å². The number of hydrogen-bond donors (Lipinski definition) is 1. The Hall–Kier alpha value is -2.49. The number of nitrogens with one attached hydrogen (secondary N) is 1. The van der Waals surface area contributed by atoms with Crippen molar-refractivity contribution in [3.63, 3.8) is 0 Å². The molecule has 2 aromatic carbocycles. The largest absolute Gasteiger partial charge is 0.491 e. The summed E-state index contributed by atoms with van der Waals surface area (Å²) in [7, 11) is 0. The monoisotopic (exact) mass is 381 g/mol. The van der Waals surface area contributed by atoms with Crippen LogP contribution in [0.25, 0.3) is 0 Å². The second-order valence-corrected chi connectivity index (χ2v) is 7.56. The fraction of sp³-hybridized carbons (Fsp3) is 0.458. The molecule has 28 heavy (non-hydrogen) atoms. The van der Waals surface area contributed by atoms with Crippen molar-refractivity contribution in [3.8, 4) is 11.5 Å². The van der Waals surface area contributed by atoms with E-state index in [2.05, 4.69) is 30.4 Å². The van der Waals surface area contributed by atoms with Crippen molar-refractivity contribution in [2.75, 3.05) is 13.2 Å². The van der Waals surface area contributed by atoms with Gasteiger partial charge in [-0.25, -0.2) is 0 Å². The van der Waals surface area contributed by atoms with Gasteiger partial charge in [-0.05, 0) is 80.8 Å². The Morgan fingerprint density at radius 2 is 1.86 bits per heavy atom. The lowest BCUT2D eigenvalue weighted by Gasteiger charge is -2.20. The average Bonchev–Trinajstić information content (AvgIpc) is 2.70. The molecule has 1 aliphatic carbocycles. The average molecular weight is 382 g/mol. The number of fused-ring (bicyclic) bond motifs is 1. The van der Waals surface area contributed by atoms with Crippen LogP contribution in [-0.4, -0.2) is 25.2 Å². The Bertz CT molecular complexity index is 815. The molecule has 0 saturated heterocycles. The molecule has 0 radical (unpaired) electrons. The van der Waals surface area contributed by atoms with E-state index in [1.807, 2.05) is 32.0 Å². The van der Waals surface area contributed by atoms with Gasteiger partial charge in [0.25, 0.3) is 5.91 Å².